The van der Waals surface area contributed by atoms with E-state index in [-0.39, 0.29) is 4.90 Å². The SMILES string of the molecule is CCCCc1ccc(S(=O)(=O)Nc2cc(-c3cccs3)nn2-c2ccc(CC)cc2)cc1. The van der Waals surface area contributed by atoms with Crippen LogP contribution >= 0.6 is 11.3 Å². The lowest BCUT2D eigenvalue weighted by Gasteiger charge is -2.11. The summed E-state index contributed by atoms with van der Waals surface area (Å²) in [5, 5.41) is 6.68. The number of nitrogens with one attached hydrogen (secondary N) is 1. The normalized spacial score (nSPS) is 11.6. The Hall–Kier alpha value is -2.90. The second kappa shape index (κ2) is 9.71. The third-order valence-corrected chi connectivity index (χ3v) is 7.63. The van der Waals surface area contributed by atoms with E-state index in [1.54, 1.807) is 34.2 Å². The molecule has 2 heterocycles. The maximum atomic E-state index is 13.2. The van der Waals surface area contributed by atoms with Gasteiger partial charge in [0, 0.05) is 6.07 Å². The Kier molecular flexibility index (Phi) is 6.77. The Labute approximate surface area is 193 Å². The highest BCUT2D eigenvalue weighted by Gasteiger charge is 2.19. The lowest BCUT2D eigenvalue weighted by molar-refractivity contribution is 0.600. The van der Waals surface area contributed by atoms with Crippen LogP contribution in [-0.2, 0) is 22.9 Å². The molecule has 0 amide bonds. The van der Waals surface area contributed by atoms with Gasteiger partial charge in [-0.15, -0.1) is 11.3 Å². The van der Waals surface area contributed by atoms with Crippen LogP contribution in [0.1, 0.15) is 37.8 Å². The third kappa shape index (κ3) is 4.95. The van der Waals surface area contributed by atoms with Gasteiger partial charge in [-0.1, -0.05) is 50.6 Å². The number of hydrogen-bond acceptors (Lipinski definition) is 4. The topological polar surface area (TPSA) is 64.0 Å². The summed E-state index contributed by atoms with van der Waals surface area (Å²) in [6.07, 6.45) is 4.09. The van der Waals surface area contributed by atoms with Gasteiger partial charge in [-0.3, -0.25) is 4.72 Å². The number of thiophene rings is 1. The van der Waals surface area contributed by atoms with Gasteiger partial charge in [-0.05, 0) is 66.1 Å². The zero-order chi connectivity index (χ0) is 22.6. The number of rotatable bonds is 9. The molecule has 2 aromatic carbocycles. The number of benzene rings is 2. The Bertz CT molecular complexity index is 1260. The Balaban J connectivity index is 1.68. The van der Waals surface area contributed by atoms with E-state index in [1.807, 2.05) is 53.9 Å². The molecule has 166 valence electrons. The number of sulfonamides is 1. The quantitative estimate of drug-likeness (QED) is 0.315. The molecule has 7 heteroatoms. The highest BCUT2D eigenvalue weighted by Crippen LogP contribution is 2.29. The minimum atomic E-state index is -3.76. The molecule has 32 heavy (non-hydrogen) atoms. The highest BCUT2D eigenvalue weighted by atomic mass is 32.2. The Morgan fingerprint density at radius 1 is 0.969 bits per heavy atom. The predicted octanol–water partition coefficient (Wildman–Crippen LogP) is 6.31. The third-order valence-electron chi connectivity index (χ3n) is 5.36. The molecule has 5 nitrogen and oxygen atoms in total. The van der Waals surface area contributed by atoms with Gasteiger partial charge in [0.05, 0.1) is 15.5 Å². The number of hydrogen-bond donors (Lipinski definition) is 1. The van der Waals surface area contributed by atoms with Gasteiger partial charge in [-0.25, -0.2) is 13.1 Å². The molecule has 0 aliphatic heterocycles. The van der Waals surface area contributed by atoms with E-state index in [0.717, 1.165) is 47.5 Å². The van der Waals surface area contributed by atoms with Crippen LogP contribution in [-0.4, -0.2) is 18.2 Å². The number of unbranched alkanes of at least 4 members (excludes halogenated alkanes) is 1. The molecular formula is C25H27N3O2S2. The van der Waals surface area contributed by atoms with Crippen molar-refractivity contribution in [1.29, 1.82) is 0 Å². The Morgan fingerprint density at radius 3 is 2.31 bits per heavy atom. The van der Waals surface area contributed by atoms with E-state index in [2.05, 4.69) is 18.6 Å². The first kappa shape index (κ1) is 22.3. The number of aryl methyl sites for hydroxylation is 2. The summed E-state index contributed by atoms with van der Waals surface area (Å²) in [5.74, 6) is 0.410. The van der Waals surface area contributed by atoms with Crippen LogP contribution < -0.4 is 4.72 Å². The van der Waals surface area contributed by atoms with E-state index in [4.69, 9.17) is 5.10 Å². The van der Waals surface area contributed by atoms with Gasteiger partial charge in [0.25, 0.3) is 10.0 Å². The van der Waals surface area contributed by atoms with Crippen molar-refractivity contribution in [2.45, 2.75) is 44.4 Å². The van der Waals surface area contributed by atoms with Crippen LogP contribution in [0.4, 0.5) is 5.82 Å². The van der Waals surface area contributed by atoms with Crippen molar-refractivity contribution in [1.82, 2.24) is 9.78 Å². The van der Waals surface area contributed by atoms with Crippen molar-refractivity contribution in [3.05, 3.63) is 83.2 Å². The molecule has 0 radical (unpaired) electrons. The van der Waals surface area contributed by atoms with Gasteiger partial charge >= 0.3 is 0 Å². The van der Waals surface area contributed by atoms with Gasteiger partial charge < -0.3 is 0 Å². The van der Waals surface area contributed by atoms with Crippen molar-refractivity contribution in [3.63, 3.8) is 0 Å². The molecule has 0 bridgehead atoms. The molecule has 1 N–H and O–H groups in total. The summed E-state index contributed by atoms with van der Waals surface area (Å²) in [6.45, 7) is 4.25. The van der Waals surface area contributed by atoms with E-state index in [0.29, 0.717) is 5.82 Å². The van der Waals surface area contributed by atoms with Gasteiger partial charge in [0.1, 0.15) is 11.5 Å². The minimum Gasteiger partial charge on any atom is -0.263 e. The molecule has 4 rings (SSSR count). The summed E-state index contributed by atoms with van der Waals surface area (Å²) in [6, 6.07) is 20.8. The van der Waals surface area contributed by atoms with Crippen molar-refractivity contribution in [2.75, 3.05) is 4.72 Å². The second-order valence-electron chi connectivity index (χ2n) is 7.68. The first-order valence-electron chi connectivity index (χ1n) is 10.8. The molecule has 0 unspecified atom stereocenters. The zero-order valence-corrected chi connectivity index (χ0v) is 19.9. The first-order valence-corrected chi connectivity index (χ1v) is 13.2. The second-order valence-corrected chi connectivity index (χ2v) is 10.3. The molecule has 4 aromatic rings. The van der Waals surface area contributed by atoms with E-state index in [9.17, 15) is 8.42 Å². The molecule has 0 aliphatic carbocycles. The smallest absolute Gasteiger partial charge is 0.263 e. The maximum Gasteiger partial charge on any atom is 0.263 e. The van der Waals surface area contributed by atoms with E-state index >= 15 is 0 Å². The van der Waals surface area contributed by atoms with Crippen molar-refractivity contribution < 1.29 is 8.42 Å². The van der Waals surface area contributed by atoms with E-state index in [1.165, 1.54) is 5.56 Å². The van der Waals surface area contributed by atoms with Crippen molar-refractivity contribution >= 4 is 27.2 Å². The predicted molar refractivity (Wildman–Crippen MR) is 132 cm³/mol. The van der Waals surface area contributed by atoms with Crippen LogP contribution in [0.25, 0.3) is 16.3 Å². The maximum absolute atomic E-state index is 13.2. The standard InChI is InChI=1S/C25H27N3O2S2/c1-3-5-7-20-11-15-22(16-12-20)32(29,30)27-25-18-23(24-8-6-17-31-24)26-28(25)21-13-9-19(4-2)10-14-21/h6,8-18,27H,3-5,7H2,1-2H3. The van der Waals surface area contributed by atoms with Crippen LogP contribution in [0.3, 0.4) is 0 Å². The van der Waals surface area contributed by atoms with Gasteiger partial charge in [0.2, 0.25) is 0 Å². The molecule has 0 spiro atoms. The fourth-order valence-corrected chi connectivity index (χ4v) is 5.20. The summed E-state index contributed by atoms with van der Waals surface area (Å²) < 4.78 is 30.7. The van der Waals surface area contributed by atoms with Crippen LogP contribution in [0.2, 0.25) is 0 Å². The summed E-state index contributed by atoms with van der Waals surface area (Å²) in [7, 11) is -3.76. The Morgan fingerprint density at radius 2 is 1.69 bits per heavy atom. The molecule has 0 saturated heterocycles. The highest BCUT2D eigenvalue weighted by molar-refractivity contribution is 7.92. The van der Waals surface area contributed by atoms with Crippen LogP contribution in [0.5, 0.6) is 0 Å². The van der Waals surface area contributed by atoms with Gasteiger partial charge in [-0.2, -0.15) is 5.10 Å². The fourth-order valence-electron chi connectivity index (χ4n) is 3.48. The molecule has 0 atom stereocenters. The van der Waals surface area contributed by atoms with Crippen LogP contribution in [0.15, 0.2) is 77.0 Å². The van der Waals surface area contributed by atoms with E-state index < -0.39 is 10.0 Å². The summed E-state index contributed by atoms with van der Waals surface area (Å²) in [5.41, 5.74) is 3.89. The number of aromatic nitrogens is 2. The summed E-state index contributed by atoms with van der Waals surface area (Å²) >= 11 is 1.57. The zero-order valence-electron chi connectivity index (χ0n) is 18.3. The lowest BCUT2D eigenvalue weighted by atomic mass is 10.1. The first-order chi connectivity index (χ1) is 15.5. The van der Waals surface area contributed by atoms with Crippen molar-refractivity contribution in [3.8, 4) is 16.3 Å². The van der Waals surface area contributed by atoms with Crippen LogP contribution in [0, 0.1) is 0 Å². The molecule has 0 fully saturated rings. The van der Waals surface area contributed by atoms with Crippen molar-refractivity contribution in [2.24, 2.45) is 0 Å². The van der Waals surface area contributed by atoms with Gasteiger partial charge in [0.15, 0.2) is 0 Å². The minimum absolute atomic E-state index is 0.240. The monoisotopic (exact) mass is 465 g/mol. The number of nitrogens with zero attached hydrogens (tertiary/aromatic N) is 2. The molecule has 0 saturated carbocycles. The lowest BCUT2D eigenvalue weighted by Crippen LogP contribution is -2.16. The largest absolute Gasteiger partial charge is 0.263 e. The average molecular weight is 466 g/mol. The fraction of sp³-hybridized carbons (Fsp3) is 0.240. The number of anilines is 1. The molecular weight excluding hydrogens is 438 g/mol. The average Bonchev–Trinajstić information content (AvgIpc) is 3.48. The molecule has 2 aromatic heterocycles. The summed E-state index contributed by atoms with van der Waals surface area (Å²) in [4.78, 5) is 1.22. The molecule has 0 aliphatic rings.